The third kappa shape index (κ3) is 4.98. The fourth-order valence-electron chi connectivity index (χ4n) is 2.71. The molecule has 3 amide bonds. The quantitative estimate of drug-likeness (QED) is 0.847. The number of nitrogens with zero attached hydrogens (tertiary/aromatic N) is 1. The minimum Gasteiger partial charge on any atom is -0.486 e. The minimum atomic E-state index is -0.586. The van der Waals surface area contributed by atoms with E-state index in [0.29, 0.717) is 36.9 Å². The molecular formula is C20H23N3O4. The first-order valence-electron chi connectivity index (χ1n) is 8.78. The third-order valence-corrected chi connectivity index (χ3v) is 4.35. The summed E-state index contributed by atoms with van der Waals surface area (Å²) in [5.74, 6) is 0.837. The second kappa shape index (κ2) is 8.55. The van der Waals surface area contributed by atoms with Gasteiger partial charge in [-0.2, -0.15) is 0 Å². The van der Waals surface area contributed by atoms with E-state index in [1.807, 2.05) is 42.3 Å². The Morgan fingerprint density at radius 2 is 1.78 bits per heavy atom. The van der Waals surface area contributed by atoms with E-state index in [4.69, 9.17) is 9.47 Å². The molecule has 0 aliphatic carbocycles. The van der Waals surface area contributed by atoms with E-state index in [2.05, 4.69) is 10.6 Å². The number of carbonyl (C=O) groups is 2. The molecule has 3 rings (SSSR count). The fraction of sp³-hybridized carbons (Fsp3) is 0.300. The van der Waals surface area contributed by atoms with Crippen molar-refractivity contribution in [2.24, 2.45) is 0 Å². The molecule has 1 aliphatic heterocycles. The summed E-state index contributed by atoms with van der Waals surface area (Å²) in [6, 6.07) is 13.9. The molecule has 1 heterocycles. The van der Waals surface area contributed by atoms with Crippen molar-refractivity contribution in [2.45, 2.75) is 19.5 Å². The van der Waals surface area contributed by atoms with Crippen molar-refractivity contribution in [3.63, 3.8) is 0 Å². The molecule has 0 aromatic heterocycles. The summed E-state index contributed by atoms with van der Waals surface area (Å²) in [7, 11) is 1.84. The van der Waals surface area contributed by atoms with E-state index in [1.54, 1.807) is 25.1 Å². The zero-order chi connectivity index (χ0) is 19.2. The molecule has 7 nitrogen and oxygen atoms in total. The van der Waals surface area contributed by atoms with Crippen molar-refractivity contribution in [1.82, 2.24) is 10.2 Å². The Morgan fingerprint density at radius 1 is 1.07 bits per heavy atom. The van der Waals surface area contributed by atoms with E-state index in [0.717, 1.165) is 5.56 Å². The molecule has 27 heavy (non-hydrogen) atoms. The minimum absolute atomic E-state index is 0.372. The number of hydrogen-bond acceptors (Lipinski definition) is 5. The van der Waals surface area contributed by atoms with Gasteiger partial charge in [0.05, 0.1) is 6.04 Å². The van der Waals surface area contributed by atoms with Crippen LogP contribution >= 0.6 is 0 Å². The van der Waals surface area contributed by atoms with Crippen molar-refractivity contribution < 1.29 is 19.1 Å². The van der Waals surface area contributed by atoms with Crippen LogP contribution in [-0.4, -0.2) is 43.1 Å². The molecule has 0 bridgehead atoms. The van der Waals surface area contributed by atoms with Crippen LogP contribution < -0.4 is 20.1 Å². The van der Waals surface area contributed by atoms with Gasteiger partial charge in [0.25, 0.3) is 0 Å². The van der Waals surface area contributed by atoms with Crippen LogP contribution in [-0.2, 0) is 11.3 Å². The lowest BCUT2D eigenvalue weighted by atomic mass is 10.2. The fourth-order valence-corrected chi connectivity index (χ4v) is 2.71. The largest absolute Gasteiger partial charge is 0.486 e. The molecule has 1 aliphatic rings. The summed E-state index contributed by atoms with van der Waals surface area (Å²) in [6.07, 6.45) is 0. The molecule has 0 saturated heterocycles. The number of imide groups is 1. The lowest BCUT2D eigenvalue weighted by molar-refractivity contribution is -0.124. The maximum Gasteiger partial charge on any atom is 0.325 e. The van der Waals surface area contributed by atoms with Crippen molar-refractivity contribution >= 4 is 17.6 Å². The number of amides is 3. The van der Waals surface area contributed by atoms with Crippen LogP contribution in [0.1, 0.15) is 12.5 Å². The standard InChI is InChI=1S/C20H23N3O4/c1-14(23(2)13-15-6-4-3-5-7-15)19(24)22-20(25)21-16-8-9-17-18(12-16)27-11-10-26-17/h3-9,12,14H,10-11,13H2,1-2H3,(H2,21,22,24,25)/t14-/m0/s1. The number of hydrogen-bond donors (Lipinski definition) is 2. The Morgan fingerprint density at radius 3 is 2.52 bits per heavy atom. The summed E-state index contributed by atoms with van der Waals surface area (Å²) in [4.78, 5) is 26.4. The molecule has 7 heteroatoms. The lowest BCUT2D eigenvalue weighted by Gasteiger charge is -2.23. The highest BCUT2D eigenvalue weighted by Gasteiger charge is 2.20. The topological polar surface area (TPSA) is 79.9 Å². The van der Waals surface area contributed by atoms with Crippen molar-refractivity contribution in [2.75, 3.05) is 25.6 Å². The third-order valence-electron chi connectivity index (χ3n) is 4.35. The van der Waals surface area contributed by atoms with Gasteiger partial charge in [-0.1, -0.05) is 30.3 Å². The Labute approximate surface area is 158 Å². The first-order valence-corrected chi connectivity index (χ1v) is 8.78. The van der Waals surface area contributed by atoms with Gasteiger partial charge in [0.1, 0.15) is 13.2 Å². The van der Waals surface area contributed by atoms with Crippen LogP contribution in [0.2, 0.25) is 0 Å². The average Bonchev–Trinajstić information content (AvgIpc) is 2.67. The van der Waals surface area contributed by atoms with Crippen LogP contribution in [0, 0.1) is 0 Å². The number of benzene rings is 2. The molecule has 1 atom stereocenters. The molecule has 0 radical (unpaired) electrons. The molecule has 2 N–H and O–H groups in total. The highest BCUT2D eigenvalue weighted by atomic mass is 16.6. The first-order chi connectivity index (χ1) is 13.0. The molecular weight excluding hydrogens is 346 g/mol. The van der Waals surface area contributed by atoms with Crippen molar-refractivity contribution in [3.8, 4) is 11.5 Å². The van der Waals surface area contributed by atoms with Gasteiger partial charge in [0.15, 0.2) is 11.5 Å². The number of carbonyl (C=O) groups excluding carboxylic acids is 2. The number of likely N-dealkylation sites (N-methyl/N-ethyl adjacent to an activating group) is 1. The maximum atomic E-state index is 12.3. The van der Waals surface area contributed by atoms with Gasteiger partial charge in [-0.15, -0.1) is 0 Å². The second-order valence-electron chi connectivity index (χ2n) is 6.38. The van der Waals surface area contributed by atoms with E-state index in [1.165, 1.54) is 0 Å². The zero-order valence-electron chi connectivity index (χ0n) is 15.4. The molecule has 2 aromatic carbocycles. The Balaban J connectivity index is 1.53. The summed E-state index contributed by atoms with van der Waals surface area (Å²) < 4.78 is 10.9. The first kappa shape index (κ1) is 18.7. The highest BCUT2D eigenvalue weighted by Crippen LogP contribution is 2.32. The Bertz CT molecular complexity index is 810. The smallest absolute Gasteiger partial charge is 0.325 e. The molecule has 0 fully saturated rings. The summed E-state index contributed by atoms with van der Waals surface area (Å²) >= 11 is 0. The molecule has 142 valence electrons. The highest BCUT2D eigenvalue weighted by molar-refractivity contribution is 6.02. The van der Waals surface area contributed by atoms with Gasteiger partial charge in [0, 0.05) is 18.3 Å². The predicted molar refractivity (Wildman–Crippen MR) is 102 cm³/mol. The van der Waals surface area contributed by atoms with Crippen LogP contribution in [0.3, 0.4) is 0 Å². The van der Waals surface area contributed by atoms with Gasteiger partial charge in [-0.25, -0.2) is 4.79 Å². The van der Waals surface area contributed by atoms with Crippen molar-refractivity contribution in [3.05, 3.63) is 54.1 Å². The Hall–Kier alpha value is -3.06. The van der Waals surface area contributed by atoms with E-state index in [9.17, 15) is 9.59 Å². The molecule has 0 saturated carbocycles. The van der Waals surface area contributed by atoms with Crippen LogP contribution in [0.5, 0.6) is 11.5 Å². The van der Waals surface area contributed by atoms with Crippen LogP contribution in [0.15, 0.2) is 48.5 Å². The van der Waals surface area contributed by atoms with Gasteiger partial charge in [0.2, 0.25) is 5.91 Å². The van der Waals surface area contributed by atoms with E-state index in [-0.39, 0.29) is 5.91 Å². The average molecular weight is 369 g/mol. The number of anilines is 1. The SMILES string of the molecule is C[C@@H](C(=O)NC(=O)Nc1ccc2c(c1)OCCO2)N(C)Cc1ccccc1. The van der Waals surface area contributed by atoms with Crippen molar-refractivity contribution in [1.29, 1.82) is 0 Å². The van der Waals surface area contributed by atoms with Crippen LogP contribution in [0.25, 0.3) is 0 Å². The summed E-state index contributed by atoms with van der Waals surface area (Å²) in [5, 5.41) is 5.01. The summed E-state index contributed by atoms with van der Waals surface area (Å²) in [5.41, 5.74) is 1.62. The molecule has 2 aromatic rings. The molecule has 0 spiro atoms. The number of fused-ring (bicyclic) bond motifs is 1. The lowest BCUT2D eigenvalue weighted by Crippen LogP contribution is -2.46. The Kier molecular flexibility index (Phi) is 5.93. The van der Waals surface area contributed by atoms with Gasteiger partial charge >= 0.3 is 6.03 Å². The van der Waals surface area contributed by atoms with Crippen LogP contribution in [0.4, 0.5) is 10.5 Å². The number of ether oxygens (including phenoxy) is 2. The second-order valence-corrected chi connectivity index (χ2v) is 6.38. The monoisotopic (exact) mass is 369 g/mol. The summed E-state index contributed by atoms with van der Waals surface area (Å²) in [6.45, 7) is 3.34. The van der Waals surface area contributed by atoms with E-state index >= 15 is 0 Å². The number of urea groups is 1. The van der Waals surface area contributed by atoms with Gasteiger partial charge in [-0.3, -0.25) is 15.0 Å². The van der Waals surface area contributed by atoms with Gasteiger partial charge in [-0.05, 0) is 31.7 Å². The normalized spacial score (nSPS) is 13.7. The number of nitrogens with one attached hydrogen (secondary N) is 2. The number of rotatable bonds is 5. The predicted octanol–water partition coefficient (Wildman–Crippen LogP) is 2.63. The van der Waals surface area contributed by atoms with E-state index < -0.39 is 12.1 Å². The molecule has 0 unspecified atom stereocenters. The maximum absolute atomic E-state index is 12.3. The van der Waals surface area contributed by atoms with Gasteiger partial charge < -0.3 is 14.8 Å². The zero-order valence-corrected chi connectivity index (χ0v) is 15.4.